The Morgan fingerprint density at radius 2 is 1.64 bits per heavy atom. The first kappa shape index (κ1) is 18.1. The van der Waals surface area contributed by atoms with Gasteiger partial charge >= 0.3 is 6.09 Å². The van der Waals surface area contributed by atoms with E-state index in [4.69, 9.17) is 9.47 Å². The van der Waals surface area contributed by atoms with E-state index in [-0.39, 0.29) is 24.9 Å². The van der Waals surface area contributed by atoms with E-state index < -0.39 is 6.09 Å². The summed E-state index contributed by atoms with van der Waals surface area (Å²) in [5, 5.41) is 12.4. The largest absolute Gasteiger partial charge is 0.508 e. The van der Waals surface area contributed by atoms with Crippen LogP contribution in [0.4, 0.5) is 10.5 Å². The minimum atomic E-state index is -0.537. The second-order valence-electron chi connectivity index (χ2n) is 6.73. The number of fused-ring (bicyclic) bond motifs is 3. The topological polar surface area (TPSA) is 67.8 Å². The fourth-order valence-electron chi connectivity index (χ4n) is 3.72. The van der Waals surface area contributed by atoms with E-state index in [9.17, 15) is 9.90 Å². The lowest BCUT2D eigenvalue weighted by Crippen LogP contribution is -2.18. The first-order chi connectivity index (χ1) is 13.7. The molecule has 0 saturated heterocycles. The third-order valence-electron chi connectivity index (χ3n) is 4.97. The number of anilines is 1. The first-order valence-electron chi connectivity index (χ1n) is 9.10. The molecule has 0 spiro atoms. The van der Waals surface area contributed by atoms with Crippen molar-refractivity contribution in [3.8, 4) is 16.9 Å². The van der Waals surface area contributed by atoms with Crippen molar-refractivity contribution in [2.24, 2.45) is 0 Å². The van der Waals surface area contributed by atoms with Crippen molar-refractivity contribution in [3.05, 3.63) is 83.4 Å². The summed E-state index contributed by atoms with van der Waals surface area (Å²) in [5.41, 5.74) is 5.94. The van der Waals surface area contributed by atoms with Crippen molar-refractivity contribution in [2.45, 2.75) is 12.5 Å². The fourth-order valence-corrected chi connectivity index (χ4v) is 3.72. The van der Waals surface area contributed by atoms with E-state index in [1.165, 1.54) is 28.3 Å². The van der Waals surface area contributed by atoms with Crippen LogP contribution in [0.1, 0.15) is 22.6 Å². The van der Waals surface area contributed by atoms with Crippen LogP contribution in [0, 0.1) is 0 Å². The number of carbonyl (C=O) groups excluding carboxylic acids is 1. The van der Waals surface area contributed by atoms with Crippen molar-refractivity contribution >= 4 is 11.8 Å². The first-order valence-corrected chi connectivity index (χ1v) is 9.10. The predicted molar refractivity (Wildman–Crippen MR) is 108 cm³/mol. The summed E-state index contributed by atoms with van der Waals surface area (Å²) in [5.74, 6) is 0.126. The van der Waals surface area contributed by atoms with Crippen LogP contribution >= 0.6 is 0 Å². The van der Waals surface area contributed by atoms with E-state index in [0.717, 1.165) is 0 Å². The Hall–Kier alpha value is -3.31. The SMILES string of the molecule is COCc1cc(O)ccc1NC(=O)OCC1c2ccccc2-c2ccccc21. The zero-order valence-corrected chi connectivity index (χ0v) is 15.5. The van der Waals surface area contributed by atoms with Crippen molar-refractivity contribution in [3.63, 3.8) is 0 Å². The van der Waals surface area contributed by atoms with Gasteiger partial charge in [-0.05, 0) is 40.5 Å². The highest BCUT2D eigenvalue weighted by Crippen LogP contribution is 2.44. The van der Waals surface area contributed by atoms with Crippen molar-refractivity contribution < 1.29 is 19.4 Å². The summed E-state index contributed by atoms with van der Waals surface area (Å²) in [6, 6.07) is 21.1. The van der Waals surface area contributed by atoms with E-state index in [2.05, 4.69) is 29.6 Å². The summed E-state index contributed by atoms with van der Waals surface area (Å²) in [7, 11) is 1.56. The van der Waals surface area contributed by atoms with Crippen molar-refractivity contribution in [2.75, 3.05) is 19.0 Å². The molecule has 3 aromatic rings. The quantitative estimate of drug-likeness (QED) is 0.623. The van der Waals surface area contributed by atoms with Crippen LogP contribution in [0.2, 0.25) is 0 Å². The van der Waals surface area contributed by atoms with Crippen LogP contribution in [0.25, 0.3) is 11.1 Å². The second-order valence-corrected chi connectivity index (χ2v) is 6.73. The molecule has 0 aromatic heterocycles. The van der Waals surface area contributed by atoms with Gasteiger partial charge in [0.1, 0.15) is 12.4 Å². The zero-order valence-electron chi connectivity index (χ0n) is 15.5. The average Bonchev–Trinajstić information content (AvgIpc) is 3.03. The van der Waals surface area contributed by atoms with Gasteiger partial charge in [0.05, 0.1) is 6.61 Å². The fraction of sp³-hybridized carbons (Fsp3) is 0.174. The van der Waals surface area contributed by atoms with Crippen molar-refractivity contribution in [1.29, 1.82) is 0 Å². The molecule has 0 radical (unpaired) electrons. The molecular weight excluding hydrogens is 354 g/mol. The molecule has 0 bridgehead atoms. The maximum Gasteiger partial charge on any atom is 0.411 e. The van der Waals surface area contributed by atoms with Gasteiger partial charge in [0.15, 0.2) is 0 Å². The number of amides is 1. The molecule has 142 valence electrons. The van der Waals surface area contributed by atoms with Crippen LogP contribution in [0.15, 0.2) is 66.7 Å². The maximum atomic E-state index is 12.4. The zero-order chi connectivity index (χ0) is 19.5. The number of benzene rings is 3. The predicted octanol–water partition coefficient (Wildman–Crippen LogP) is 4.90. The van der Waals surface area contributed by atoms with Gasteiger partial charge in [-0.3, -0.25) is 5.32 Å². The van der Waals surface area contributed by atoms with Gasteiger partial charge in [0.25, 0.3) is 0 Å². The molecule has 0 heterocycles. The number of ether oxygens (including phenoxy) is 2. The van der Waals surface area contributed by atoms with Gasteiger partial charge in [-0.1, -0.05) is 48.5 Å². The van der Waals surface area contributed by atoms with Gasteiger partial charge < -0.3 is 14.6 Å². The molecule has 5 nitrogen and oxygen atoms in total. The number of hydrogen-bond acceptors (Lipinski definition) is 4. The molecule has 1 aliphatic rings. The van der Waals surface area contributed by atoms with E-state index in [1.807, 2.05) is 24.3 Å². The third-order valence-corrected chi connectivity index (χ3v) is 4.97. The highest BCUT2D eigenvalue weighted by atomic mass is 16.5. The molecule has 3 aromatic carbocycles. The van der Waals surface area contributed by atoms with Gasteiger partial charge in [0, 0.05) is 24.3 Å². The Bertz CT molecular complexity index is 969. The van der Waals surface area contributed by atoms with Gasteiger partial charge in [-0.25, -0.2) is 4.79 Å². The lowest BCUT2D eigenvalue weighted by Gasteiger charge is -2.15. The number of aromatic hydroxyl groups is 1. The van der Waals surface area contributed by atoms with Crippen LogP contribution < -0.4 is 5.32 Å². The highest BCUT2D eigenvalue weighted by Gasteiger charge is 2.29. The van der Waals surface area contributed by atoms with Gasteiger partial charge in [-0.2, -0.15) is 0 Å². The van der Waals surface area contributed by atoms with Crippen LogP contribution in [-0.4, -0.2) is 24.9 Å². The molecule has 0 aliphatic heterocycles. The summed E-state index contributed by atoms with van der Waals surface area (Å²) in [6.07, 6.45) is -0.537. The van der Waals surface area contributed by atoms with Crippen LogP contribution in [0.5, 0.6) is 5.75 Å². The summed E-state index contributed by atoms with van der Waals surface area (Å²) in [6.45, 7) is 0.519. The normalized spacial score (nSPS) is 12.3. The van der Waals surface area contributed by atoms with Crippen molar-refractivity contribution in [1.82, 2.24) is 0 Å². The molecule has 0 saturated carbocycles. The Kier molecular flexibility index (Phi) is 5.00. The number of nitrogens with one attached hydrogen (secondary N) is 1. The van der Waals surface area contributed by atoms with E-state index in [0.29, 0.717) is 11.3 Å². The van der Waals surface area contributed by atoms with Crippen LogP contribution in [0.3, 0.4) is 0 Å². The third kappa shape index (κ3) is 3.44. The van der Waals surface area contributed by atoms with E-state index >= 15 is 0 Å². The molecule has 5 heteroatoms. The lowest BCUT2D eigenvalue weighted by atomic mass is 9.98. The highest BCUT2D eigenvalue weighted by molar-refractivity contribution is 5.86. The Labute approximate surface area is 163 Å². The minimum absolute atomic E-state index is 0.0106. The molecular formula is C23H21NO4. The summed E-state index contributed by atoms with van der Waals surface area (Å²) >= 11 is 0. The molecule has 4 rings (SSSR count). The second kappa shape index (κ2) is 7.74. The molecule has 0 fully saturated rings. The summed E-state index contributed by atoms with van der Waals surface area (Å²) < 4.78 is 10.7. The Morgan fingerprint density at radius 1 is 1.00 bits per heavy atom. The molecule has 1 amide bonds. The number of rotatable bonds is 5. The van der Waals surface area contributed by atoms with E-state index in [1.54, 1.807) is 19.2 Å². The molecule has 2 N–H and O–H groups in total. The minimum Gasteiger partial charge on any atom is -0.508 e. The molecule has 28 heavy (non-hydrogen) atoms. The summed E-state index contributed by atoms with van der Waals surface area (Å²) in [4.78, 5) is 12.4. The Morgan fingerprint density at radius 3 is 2.29 bits per heavy atom. The molecule has 0 atom stereocenters. The number of methoxy groups -OCH3 is 1. The monoisotopic (exact) mass is 375 g/mol. The number of phenols is 1. The van der Waals surface area contributed by atoms with Gasteiger partial charge in [-0.15, -0.1) is 0 Å². The number of carbonyl (C=O) groups is 1. The standard InChI is InChI=1S/C23H21NO4/c1-27-13-15-12-16(25)10-11-22(15)24-23(26)28-14-21-19-8-4-2-6-17(19)18-7-3-5-9-20(18)21/h2-12,21,25H,13-14H2,1H3,(H,24,26). The average molecular weight is 375 g/mol. The molecule has 0 unspecified atom stereocenters. The maximum absolute atomic E-state index is 12.4. The Balaban J connectivity index is 1.49. The van der Waals surface area contributed by atoms with Crippen LogP contribution in [-0.2, 0) is 16.1 Å². The lowest BCUT2D eigenvalue weighted by molar-refractivity contribution is 0.158. The molecule has 1 aliphatic carbocycles. The number of hydrogen-bond donors (Lipinski definition) is 2. The van der Waals surface area contributed by atoms with Gasteiger partial charge in [0.2, 0.25) is 0 Å². The smallest absolute Gasteiger partial charge is 0.411 e. The number of phenolic OH excluding ortho intramolecular Hbond substituents is 1.